The van der Waals surface area contributed by atoms with Crippen molar-refractivity contribution in [2.45, 2.75) is 19.1 Å². The minimum Gasteiger partial charge on any atom is -0.470 e. The number of para-hydroxylation sites is 1. The first-order valence-corrected chi connectivity index (χ1v) is 5.37. The van der Waals surface area contributed by atoms with Crippen molar-refractivity contribution in [2.24, 2.45) is 0 Å². The normalized spacial score (nSPS) is 19.6. The van der Waals surface area contributed by atoms with Gasteiger partial charge in [0.05, 0.1) is 7.11 Å². The second-order valence-corrected chi connectivity index (χ2v) is 3.69. The largest absolute Gasteiger partial charge is 0.470 e. The fraction of sp³-hybridized carbons (Fsp3) is 0.417. The molecule has 0 aliphatic carbocycles. The second-order valence-electron chi connectivity index (χ2n) is 3.69. The van der Waals surface area contributed by atoms with Crippen molar-refractivity contribution < 1.29 is 14.3 Å². The van der Waals surface area contributed by atoms with Crippen molar-refractivity contribution in [1.82, 2.24) is 4.90 Å². The van der Waals surface area contributed by atoms with Gasteiger partial charge in [0.1, 0.15) is 5.75 Å². The number of nitrogens with zero attached hydrogens (tertiary/aromatic N) is 1. The van der Waals surface area contributed by atoms with E-state index in [1.807, 2.05) is 30.3 Å². The van der Waals surface area contributed by atoms with Gasteiger partial charge in [-0.15, -0.1) is 0 Å². The van der Waals surface area contributed by atoms with Crippen LogP contribution in [0.3, 0.4) is 0 Å². The lowest BCUT2D eigenvalue weighted by molar-refractivity contribution is 0.0486. The molecule has 0 N–H and O–H groups in total. The van der Waals surface area contributed by atoms with Crippen LogP contribution in [0.15, 0.2) is 30.3 Å². The summed E-state index contributed by atoms with van der Waals surface area (Å²) in [5.74, 6) is 0.781. The molecular weight excluding hydrogens is 206 g/mol. The molecule has 1 aromatic rings. The molecule has 0 saturated carbocycles. The number of ether oxygens (including phenoxy) is 2. The summed E-state index contributed by atoms with van der Waals surface area (Å²) in [6.45, 7) is 0.699. The highest BCUT2D eigenvalue weighted by molar-refractivity contribution is 5.68. The minimum absolute atomic E-state index is 0.199. The highest BCUT2D eigenvalue weighted by atomic mass is 16.6. The lowest BCUT2D eigenvalue weighted by Crippen LogP contribution is -2.38. The number of amides is 1. The van der Waals surface area contributed by atoms with Crippen LogP contribution in [0.4, 0.5) is 4.79 Å². The maximum atomic E-state index is 11.4. The fourth-order valence-electron chi connectivity index (χ4n) is 1.84. The predicted octanol–water partition coefficient (Wildman–Crippen LogP) is 2.25. The Labute approximate surface area is 94.8 Å². The van der Waals surface area contributed by atoms with Crippen LogP contribution in [0.5, 0.6) is 5.75 Å². The van der Waals surface area contributed by atoms with Gasteiger partial charge >= 0.3 is 6.09 Å². The number of benzene rings is 1. The van der Waals surface area contributed by atoms with Gasteiger partial charge in [0.25, 0.3) is 0 Å². The third-order valence-corrected chi connectivity index (χ3v) is 2.62. The Morgan fingerprint density at radius 2 is 2.12 bits per heavy atom. The van der Waals surface area contributed by atoms with E-state index in [-0.39, 0.29) is 12.3 Å². The maximum absolute atomic E-state index is 11.4. The van der Waals surface area contributed by atoms with Crippen LogP contribution in [-0.2, 0) is 4.74 Å². The third-order valence-electron chi connectivity index (χ3n) is 2.62. The number of methoxy groups -OCH3 is 1. The highest BCUT2D eigenvalue weighted by Gasteiger charge is 2.30. The molecule has 1 aliphatic rings. The first kappa shape index (κ1) is 10.8. The van der Waals surface area contributed by atoms with E-state index in [0.717, 1.165) is 18.6 Å². The number of hydrogen-bond donors (Lipinski definition) is 0. The van der Waals surface area contributed by atoms with Crippen molar-refractivity contribution in [3.8, 4) is 5.75 Å². The first-order chi connectivity index (χ1) is 7.81. The first-order valence-electron chi connectivity index (χ1n) is 5.37. The van der Waals surface area contributed by atoms with Gasteiger partial charge in [0, 0.05) is 13.0 Å². The zero-order valence-corrected chi connectivity index (χ0v) is 9.26. The standard InChI is InChI=1S/C12H15NO3/c1-15-12(14)13-9-5-8-11(13)16-10-6-3-2-4-7-10/h2-4,6-7,11H,5,8-9H2,1H3. The molecule has 0 aromatic heterocycles. The molecule has 2 rings (SSSR count). The van der Waals surface area contributed by atoms with E-state index in [4.69, 9.17) is 9.47 Å². The van der Waals surface area contributed by atoms with Crippen LogP contribution < -0.4 is 4.74 Å². The molecular formula is C12H15NO3. The molecule has 1 heterocycles. The molecule has 0 bridgehead atoms. The molecule has 1 atom stereocenters. The zero-order valence-electron chi connectivity index (χ0n) is 9.26. The van der Waals surface area contributed by atoms with Crippen molar-refractivity contribution in [2.75, 3.05) is 13.7 Å². The summed E-state index contributed by atoms with van der Waals surface area (Å²) in [6, 6.07) is 9.51. The summed E-state index contributed by atoms with van der Waals surface area (Å²) in [4.78, 5) is 13.1. The molecule has 16 heavy (non-hydrogen) atoms. The number of likely N-dealkylation sites (tertiary alicyclic amines) is 1. The van der Waals surface area contributed by atoms with Crippen LogP contribution in [0.25, 0.3) is 0 Å². The van der Waals surface area contributed by atoms with Crippen molar-refractivity contribution in [1.29, 1.82) is 0 Å². The fourth-order valence-corrected chi connectivity index (χ4v) is 1.84. The van der Waals surface area contributed by atoms with Crippen LogP contribution in [-0.4, -0.2) is 30.9 Å². The van der Waals surface area contributed by atoms with E-state index in [0.29, 0.717) is 6.54 Å². The summed E-state index contributed by atoms with van der Waals surface area (Å²) in [5, 5.41) is 0. The van der Waals surface area contributed by atoms with E-state index in [1.165, 1.54) is 7.11 Å². The molecule has 1 aromatic carbocycles. The minimum atomic E-state index is -0.321. The van der Waals surface area contributed by atoms with Crippen LogP contribution in [0.2, 0.25) is 0 Å². The molecule has 1 unspecified atom stereocenters. The predicted molar refractivity (Wildman–Crippen MR) is 59.2 cm³/mol. The highest BCUT2D eigenvalue weighted by Crippen LogP contribution is 2.22. The summed E-state index contributed by atoms with van der Waals surface area (Å²) >= 11 is 0. The Morgan fingerprint density at radius 3 is 2.81 bits per heavy atom. The second kappa shape index (κ2) is 4.88. The molecule has 86 valence electrons. The lowest BCUT2D eigenvalue weighted by atomic mass is 10.3. The smallest absolute Gasteiger partial charge is 0.412 e. The monoisotopic (exact) mass is 221 g/mol. The van der Waals surface area contributed by atoms with Gasteiger partial charge in [-0.05, 0) is 18.6 Å². The average molecular weight is 221 g/mol. The molecule has 4 heteroatoms. The van der Waals surface area contributed by atoms with Gasteiger partial charge in [-0.3, -0.25) is 4.90 Å². The van der Waals surface area contributed by atoms with Gasteiger partial charge in [-0.2, -0.15) is 0 Å². The Balaban J connectivity index is 2.01. The zero-order chi connectivity index (χ0) is 11.4. The molecule has 1 amide bonds. The topological polar surface area (TPSA) is 38.8 Å². The Morgan fingerprint density at radius 1 is 1.38 bits per heavy atom. The maximum Gasteiger partial charge on any atom is 0.412 e. The number of carbonyl (C=O) groups excluding carboxylic acids is 1. The number of hydrogen-bond acceptors (Lipinski definition) is 3. The number of rotatable bonds is 2. The van der Waals surface area contributed by atoms with Gasteiger partial charge in [0.2, 0.25) is 0 Å². The van der Waals surface area contributed by atoms with E-state index in [9.17, 15) is 4.79 Å². The average Bonchev–Trinajstić information content (AvgIpc) is 2.77. The Kier molecular flexibility index (Phi) is 3.29. The quantitative estimate of drug-likeness (QED) is 0.768. The van der Waals surface area contributed by atoms with E-state index in [1.54, 1.807) is 4.90 Å². The molecule has 1 aliphatic heterocycles. The van der Waals surface area contributed by atoms with Gasteiger partial charge in [-0.25, -0.2) is 4.79 Å². The molecule has 1 saturated heterocycles. The van der Waals surface area contributed by atoms with E-state index >= 15 is 0 Å². The van der Waals surface area contributed by atoms with E-state index < -0.39 is 0 Å². The molecule has 0 radical (unpaired) electrons. The van der Waals surface area contributed by atoms with Crippen molar-refractivity contribution in [3.63, 3.8) is 0 Å². The number of carbonyl (C=O) groups is 1. The molecule has 4 nitrogen and oxygen atoms in total. The van der Waals surface area contributed by atoms with Crippen LogP contribution >= 0.6 is 0 Å². The van der Waals surface area contributed by atoms with Gasteiger partial charge in [-0.1, -0.05) is 18.2 Å². The molecule has 1 fully saturated rings. The van der Waals surface area contributed by atoms with Crippen molar-refractivity contribution in [3.05, 3.63) is 30.3 Å². The SMILES string of the molecule is COC(=O)N1CCCC1Oc1ccccc1. The van der Waals surface area contributed by atoms with E-state index in [2.05, 4.69) is 0 Å². The van der Waals surface area contributed by atoms with Crippen molar-refractivity contribution >= 4 is 6.09 Å². The Hall–Kier alpha value is -1.71. The summed E-state index contributed by atoms with van der Waals surface area (Å²) < 4.78 is 10.4. The van der Waals surface area contributed by atoms with Gasteiger partial charge in [0.15, 0.2) is 6.23 Å². The summed E-state index contributed by atoms with van der Waals surface area (Å²) in [6.07, 6.45) is 1.28. The lowest BCUT2D eigenvalue weighted by Gasteiger charge is -2.23. The Bertz CT molecular complexity index is 353. The summed E-state index contributed by atoms with van der Waals surface area (Å²) in [5.41, 5.74) is 0. The molecule has 0 spiro atoms. The third kappa shape index (κ3) is 2.27. The van der Waals surface area contributed by atoms with Gasteiger partial charge < -0.3 is 9.47 Å². The summed E-state index contributed by atoms with van der Waals surface area (Å²) in [7, 11) is 1.39. The van der Waals surface area contributed by atoms with Crippen LogP contribution in [0.1, 0.15) is 12.8 Å². The van der Waals surface area contributed by atoms with Crippen LogP contribution in [0, 0.1) is 0 Å².